The van der Waals surface area contributed by atoms with E-state index in [1.807, 2.05) is 24.3 Å². The van der Waals surface area contributed by atoms with Crippen LogP contribution >= 0.6 is 0 Å². The lowest BCUT2D eigenvalue weighted by Gasteiger charge is -2.29. The Balaban J connectivity index is 1.45. The lowest BCUT2D eigenvalue weighted by atomic mass is 10.0. The van der Waals surface area contributed by atoms with Crippen molar-refractivity contribution in [2.24, 2.45) is 5.92 Å². The third kappa shape index (κ3) is 5.59. The van der Waals surface area contributed by atoms with Gasteiger partial charge in [0.15, 0.2) is 11.5 Å². The minimum Gasteiger partial charge on any atom is -0.486 e. The van der Waals surface area contributed by atoms with Crippen molar-refractivity contribution in [3.05, 3.63) is 42.5 Å². The topological polar surface area (TPSA) is 97.0 Å². The quantitative estimate of drug-likeness (QED) is 0.640. The molecule has 0 aromatic heterocycles. The molecular formula is C24H31N3O5S. The number of amides is 1. The monoisotopic (exact) mass is 473 g/mol. The molecule has 8 nitrogen and oxygen atoms in total. The maximum Gasteiger partial charge on any atom is 0.242 e. The van der Waals surface area contributed by atoms with Crippen molar-refractivity contribution >= 4 is 27.3 Å². The second-order valence-electron chi connectivity index (χ2n) is 8.73. The number of anilines is 2. The Morgan fingerprint density at radius 2 is 1.61 bits per heavy atom. The Labute approximate surface area is 195 Å². The van der Waals surface area contributed by atoms with Crippen LogP contribution in [0.4, 0.5) is 11.4 Å². The number of carbonyl (C=O) groups is 1. The summed E-state index contributed by atoms with van der Waals surface area (Å²) in [6.45, 7) is 6.47. The van der Waals surface area contributed by atoms with Gasteiger partial charge in [0.05, 0.1) is 4.90 Å². The van der Waals surface area contributed by atoms with E-state index in [0.29, 0.717) is 30.4 Å². The van der Waals surface area contributed by atoms with E-state index in [2.05, 4.69) is 14.9 Å². The van der Waals surface area contributed by atoms with E-state index in [4.69, 9.17) is 9.47 Å². The van der Waals surface area contributed by atoms with Crippen LogP contribution in [0.5, 0.6) is 11.5 Å². The third-order valence-electron chi connectivity index (χ3n) is 5.91. The molecule has 1 fully saturated rings. The second kappa shape index (κ2) is 10.0. The average Bonchev–Trinajstić information content (AvgIpc) is 2.83. The number of rotatable bonds is 7. The minimum absolute atomic E-state index is 0.0242. The zero-order valence-corrected chi connectivity index (χ0v) is 19.9. The fraction of sp³-hybridized carbons (Fsp3) is 0.458. The number of nitrogens with one attached hydrogen (secondary N) is 2. The zero-order valence-electron chi connectivity index (χ0n) is 19.0. The maximum atomic E-state index is 13.0. The Hall–Kier alpha value is -2.78. The normalized spacial score (nSPS) is 17.0. The van der Waals surface area contributed by atoms with Gasteiger partial charge in [-0.1, -0.05) is 13.8 Å². The van der Waals surface area contributed by atoms with Crippen molar-refractivity contribution in [1.82, 2.24) is 4.72 Å². The highest BCUT2D eigenvalue weighted by Gasteiger charge is 2.29. The van der Waals surface area contributed by atoms with Crippen molar-refractivity contribution in [3.8, 4) is 11.5 Å². The molecule has 2 aliphatic rings. The van der Waals surface area contributed by atoms with Crippen LogP contribution in [0.3, 0.4) is 0 Å². The first-order valence-corrected chi connectivity index (χ1v) is 12.9. The molecule has 2 aliphatic heterocycles. The Kier molecular flexibility index (Phi) is 7.09. The zero-order chi connectivity index (χ0) is 23.4. The minimum atomic E-state index is -3.95. The number of fused-ring (bicyclic) bond motifs is 1. The van der Waals surface area contributed by atoms with Crippen LogP contribution in [0.1, 0.15) is 33.1 Å². The van der Waals surface area contributed by atoms with Crippen molar-refractivity contribution < 1.29 is 22.7 Å². The summed E-state index contributed by atoms with van der Waals surface area (Å²) in [5.41, 5.74) is 1.76. The van der Waals surface area contributed by atoms with Gasteiger partial charge in [0, 0.05) is 30.5 Å². The summed E-state index contributed by atoms with van der Waals surface area (Å²) in [7, 11) is -3.95. The highest BCUT2D eigenvalue weighted by atomic mass is 32.2. The molecule has 1 unspecified atom stereocenters. The van der Waals surface area contributed by atoms with Gasteiger partial charge in [-0.2, -0.15) is 4.72 Å². The predicted octanol–water partition coefficient (Wildman–Crippen LogP) is 3.39. The number of piperidine rings is 1. The summed E-state index contributed by atoms with van der Waals surface area (Å²) in [5.74, 6) is 0.219. The fourth-order valence-corrected chi connectivity index (χ4v) is 5.41. The number of benzene rings is 2. The van der Waals surface area contributed by atoms with Crippen molar-refractivity contribution in [1.29, 1.82) is 0 Å². The van der Waals surface area contributed by atoms with Crippen LogP contribution < -0.4 is 24.4 Å². The van der Waals surface area contributed by atoms with E-state index in [0.717, 1.165) is 18.8 Å². The summed E-state index contributed by atoms with van der Waals surface area (Å²) >= 11 is 0. The highest BCUT2D eigenvalue weighted by molar-refractivity contribution is 7.89. The smallest absolute Gasteiger partial charge is 0.242 e. The van der Waals surface area contributed by atoms with Crippen LogP contribution in [0.25, 0.3) is 0 Å². The van der Waals surface area contributed by atoms with E-state index >= 15 is 0 Å². The number of sulfonamides is 1. The summed E-state index contributed by atoms with van der Waals surface area (Å²) < 4.78 is 39.5. The van der Waals surface area contributed by atoms with Crippen LogP contribution in [0.15, 0.2) is 47.4 Å². The lowest BCUT2D eigenvalue weighted by molar-refractivity contribution is -0.118. The molecule has 9 heteroatoms. The summed E-state index contributed by atoms with van der Waals surface area (Å²) in [6, 6.07) is 11.2. The van der Waals surface area contributed by atoms with E-state index in [9.17, 15) is 13.2 Å². The molecule has 2 heterocycles. The fourth-order valence-electron chi connectivity index (χ4n) is 4.05. The molecule has 33 heavy (non-hydrogen) atoms. The van der Waals surface area contributed by atoms with E-state index in [1.165, 1.54) is 31.4 Å². The molecule has 4 rings (SSSR count). The molecule has 1 saturated heterocycles. The molecule has 0 spiro atoms. The van der Waals surface area contributed by atoms with Crippen LogP contribution in [0.2, 0.25) is 0 Å². The molecule has 178 valence electrons. The summed E-state index contributed by atoms with van der Waals surface area (Å²) in [4.78, 5) is 15.4. The standard InChI is InChI=1S/C24H31N3O5S/c1-17(2)23(26-33(29,30)20-10-11-21-22(16-20)32-15-14-31-21)24(28)25-18-6-8-19(9-7-18)27-12-4-3-5-13-27/h6-11,16-17,23,26H,3-5,12-15H2,1-2H3,(H,25,28). The maximum absolute atomic E-state index is 13.0. The van der Waals surface area contributed by atoms with Gasteiger partial charge < -0.3 is 19.7 Å². The van der Waals surface area contributed by atoms with Gasteiger partial charge in [-0.05, 0) is 61.6 Å². The van der Waals surface area contributed by atoms with Gasteiger partial charge in [-0.3, -0.25) is 4.79 Å². The number of nitrogens with zero attached hydrogens (tertiary/aromatic N) is 1. The first-order valence-electron chi connectivity index (χ1n) is 11.4. The van der Waals surface area contributed by atoms with Crippen LogP contribution in [0, 0.1) is 5.92 Å². The van der Waals surface area contributed by atoms with Gasteiger partial charge in [-0.25, -0.2) is 8.42 Å². The molecule has 2 N–H and O–H groups in total. The van der Waals surface area contributed by atoms with Gasteiger partial charge in [0.25, 0.3) is 0 Å². The number of ether oxygens (including phenoxy) is 2. The average molecular weight is 474 g/mol. The van der Waals surface area contributed by atoms with Crippen molar-refractivity contribution in [2.75, 3.05) is 36.5 Å². The first kappa shape index (κ1) is 23.4. The molecule has 2 aromatic rings. The summed E-state index contributed by atoms with van der Waals surface area (Å²) in [6.07, 6.45) is 3.65. The number of hydrogen-bond acceptors (Lipinski definition) is 6. The SMILES string of the molecule is CC(C)C(NS(=O)(=O)c1ccc2c(c1)OCCO2)C(=O)Nc1ccc(N2CCCCC2)cc1. The summed E-state index contributed by atoms with van der Waals surface area (Å²) in [5, 5.41) is 2.85. The van der Waals surface area contributed by atoms with Crippen molar-refractivity contribution in [3.63, 3.8) is 0 Å². The molecule has 0 saturated carbocycles. The Bertz CT molecular complexity index is 1080. The van der Waals surface area contributed by atoms with Gasteiger partial charge in [0.1, 0.15) is 19.3 Å². The molecule has 0 bridgehead atoms. The van der Waals surface area contributed by atoms with Gasteiger partial charge in [-0.15, -0.1) is 0 Å². The molecule has 1 amide bonds. The molecular weight excluding hydrogens is 442 g/mol. The third-order valence-corrected chi connectivity index (χ3v) is 7.35. The van der Waals surface area contributed by atoms with E-state index < -0.39 is 22.0 Å². The molecule has 0 aliphatic carbocycles. The van der Waals surface area contributed by atoms with E-state index in [1.54, 1.807) is 19.9 Å². The number of hydrogen-bond donors (Lipinski definition) is 2. The first-order chi connectivity index (χ1) is 15.8. The predicted molar refractivity (Wildman–Crippen MR) is 128 cm³/mol. The van der Waals surface area contributed by atoms with Crippen LogP contribution in [-0.2, 0) is 14.8 Å². The molecule has 2 aromatic carbocycles. The molecule has 1 atom stereocenters. The van der Waals surface area contributed by atoms with Gasteiger partial charge in [0.2, 0.25) is 15.9 Å². The highest BCUT2D eigenvalue weighted by Crippen LogP contribution is 2.32. The van der Waals surface area contributed by atoms with Crippen molar-refractivity contribution in [2.45, 2.75) is 44.0 Å². The van der Waals surface area contributed by atoms with E-state index in [-0.39, 0.29) is 10.8 Å². The van der Waals surface area contributed by atoms with Gasteiger partial charge >= 0.3 is 0 Å². The largest absolute Gasteiger partial charge is 0.486 e. The second-order valence-corrected chi connectivity index (χ2v) is 10.4. The molecule has 0 radical (unpaired) electrons. The number of carbonyl (C=O) groups excluding carboxylic acids is 1. The lowest BCUT2D eigenvalue weighted by Crippen LogP contribution is -2.47. The van der Waals surface area contributed by atoms with Crippen LogP contribution in [-0.4, -0.2) is 46.7 Å². The Morgan fingerprint density at radius 1 is 0.939 bits per heavy atom. The Morgan fingerprint density at radius 3 is 2.27 bits per heavy atom.